The summed E-state index contributed by atoms with van der Waals surface area (Å²) in [6.45, 7) is 8.67. The maximum Gasteiger partial charge on any atom is 0.272 e. The molecule has 0 saturated heterocycles. The number of carbonyl (C=O) groups excluding carboxylic acids is 3. The zero-order valence-corrected chi connectivity index (χ0v) is 22.8. The zero-order chi connectivity index (χ0) is 27.5. The average Bonchev–Trinajstić information content (AvgIpc) is 3.28. The molecule has 10 heteroatoms. The molecule has 10 nitrogen and oxygen atoms in total. The Morgan fingerprint density at radius 1 is 1.08 bits per heavy atom. The number of nitrogens with zero attached hydrogens (tertiary/aromatic N) is 2. The lowest BCUT2D eigenvalue weighted by Crippen LogP contribution is -2.41. The molecule has 0 unspecified atom stereocenters. The topological polar surface area (TPSA) is 138 Å². The van der Waals surface area contributed by atoms with Crippen LogP contribution in [0.5, 0.6) is 11.5 Å². The Hall–Kier alpha value is -3.56. The van der Waals surface area contributed by atoms with E-state index in [4.69, 9.17) is 15.2 Å². The molecule has 3 amide bonds. The Morgan fingerprint density at radius 3 is 2.22 bits per heavy atom. The average molecular weight is 516 g/mol. The number of methoxy groups -OCH3 is 2. The van der Waals surface area contributed by atoms with Crippen LogP contribution < -0.4 is 25.8 Å². The number of rotatable bonds is 15. The Balaban J connectivity index is 2.42. The van der Waals surface area contributed by atoms with E-state index in [1.165, 1.54) is 0 Å². The largest absolute Gasteiger partial charge is 0.496 e. The molecule has 0 fully saturated rings. The lowest BCUT2D eigenvalue weighted by atomic mass is 10.0. The van der Waals surface area contributed by atoms with Gasteiger partial charge in [0.25, 0.3) is 5.91 Å². The molecule has 1 aromatic heterocycles. The van der Waals surface area contributed by atoms with Crippen LogP contribution in [0, 0.1) is 11.8 Å². The first-order valence-corrected chi connectivity index (χ1v) is 12.8. The molecule has 204 valence electrons. The van der Waals surface area contributed by atoms with Crippen LogP contribution in [-0.2, 0) is 16.1 Å². The van der Waals surface area contributed by atoms with Crippen LogP contribution in [0.1, 0.15) is 63.9 Å². The first kappa shape index (κ1) is 29.7. The highest BCUT2D eigenvalue weighted by Crippen LogP contribution is 2.39. The van der Waals surface area contributed by atoms with Crippen molar-refractivity contribution in [2.24, 2.45) is 17.6 Å². The van der Waals surface area contributed by atoms with Crippen molar-refractivity contribution in [2.75, 3.05) is 20.8 Å². The van der Waals surface area contributed by atoms with Gasteiger partial charge in [-0.1, -0.05) is 46.6 Å². The monoisotopic (exact) mass is 515 g/mol. The van der Waals surface area contributed by atoms with E-state index in [1.807, 2.05) is 36.7 Å². The van der Waals surface area contributed by atoms with E-state index in [2.05, 4.69) is 29.6 Å². The number of aromatic nitrogens is 2. The summed E-state index contributed by atoms with van der Waals surface area (Å²) < 4.78 is 13.1. The molecular formula is C27H41N5O5. The molecular weight excluding hydrogens is 474 g/mol. The van der Waals surface area contributed by atoms with E-state index in [1.54, 1.807) is 20.3 Å². The van der Waals surface area contributed by atoms with E-state index in [9.17, 15) is 14.4 Å². The van der Waals surface area contributed by atoms with Gasteiger partial charge >= 0.3 is 0 Å². The first-order valence-electron chi connectivity index (χ1n) is 12.8. The number of hydrogen-bond donors (Lipinski definition) is 3. The van der Waals surface area contributed by atoms with Crippen molar-refractivity contribution in [1.82, 2.24) is 20.4 Å². The van der Waals surface area contributed by atoms with Gasteiger partial charge in [-0.25, -0.2) is 0 Å². The zero-order valence-electron chi connectivity index (χ0n) is 22.8. The second-order valence-electron chi connectivity index (χ2n) is 9.56. The van der Waals surface area contributed by atoms with Crippen molar-refractivity contribution < 1.29 is 23.9 Å². The molecule has 0 aliphatic carbocycles. The molecule has 2 rings (SSSR count). The van der Waals surface area contributed by atoms with E-state index < -0.39 is 11.9 Å². The van der Waals surface area contributed by atoms with Crippen LogP contribution >= 0.6 is 0 Å². The molecule has 1 heterocycles. The van der Waals surface area contributed by atoms with E-state index in [0.717, 1.165) is 18.4 Å². The number of benzene rings is 1. The van der Waals surface area contributed by atoms with Crippen LogP contribution in [0.15, 0.2) is 24.3 Å². The molecule has 0 saturated carbocycles. The fourth-order valence-corrected chi connectivity index (χ4v) is 4.27. The summed E-state index contributed by atoms with van der Waals surface area (Å²) in [5, 5.41) is 10.1. The van der Waals surface area contributed by atoms with Gasteiger partial charge in [0.05, 0.1) is 32.0 Å². The van der Waals surface area contributed by atoms with Crippen molar-refractivity contribution in [3.8, 4) is 22.8 Å². The first-order chi connectivity index (χ1) is 17.6. The summed E-state index contributed by atoms with van der Waals surface area (Å²) in [4.78, 5) is 36.7. The highest BCUT2D eigenvalue weighted by atomic mass is 16.5. The molecule has 0 aliphatic rings. The maximum absolute atomic E-state index is 13.4. The van der Waals surface area contributed by atoms with Crippen LogP contribution in [0.4, 0.5) is 0 Å². The second kappa shape index (κ2) is 14.2. The van der Waals surface area contributed by atoms with Gasteiger partial charge in [-0.15, -0.1) is 0 Å². The normalized spacial score (nSPS) is 11.9. The lowest BCUT2D eigenvalue weighted by molar-refractivity contribution is -0.125. The Kier molecular flexibility index (Phi) is 11.4. The summed E-state index contributed by atoms with van der Waals surface area (Å²) >= 11 is 0. The molecule has 0 aliphatic heterocycles. The van der Waals surface area contributed by atoms with Gasteiger partial charge in [-0.3, -0.25) is 19.1 Å². The van der Waals surface area contributed by atoms with Crippen LogP contribution in [-0.4, -0.2) is 54.3 Å². The van der Waals surface area contributed by atoms with Crippen molar-refractivity contribution >= 4 is 17.7 Å². The smallest absolute Gasteiger partial charge is 0.272 e. The fraction of sp³-hybridized carbons (Fsp3) is 0.556. The summed E-state index contributed by atoms with van der Waals surface area (Å²) in [6, 6.07) is 6.83. The minimum Gasteiger partial charge on any atom is -0.496 e. The maximum atomic E-state index is 13.4. The summed E-state index contributed by atoms with van der Waals surface area (Å²) in [5.74, 6) is 0.463. The van der Waals surface area contributed by atoms with Gasteiger partial charge in [-0.05, 0) is 36.5 Å². The Bertz CT molecular complexity index is 1040. The highest BCUT2D eigenvalue weighted by Gasteiger charge is 2.25. The standard InChI is InChI=1S/C27H41N5O5/c1-7-18(8-2)16-32-21(26-22(36-5)10-9-11-23(26)37-6)14-20(31-32)27(35)30-19(12-17(3)4)13-25(34)29-15-24(28)33/h9-11,14,17-19H,7-8,12-13,15-16H2,1-6H3,(H2,28,33)(H,29,34)(H,30,35)/t19-/m0/s1. The van der Waals surface area contributed by atoms with E-state index in [0.29, 0.717) is 36.1 Å². The van der Waals surface area contributed by atoms with Gasteiger partial charge in [0.2, 0.25) is 11.8 Å². The SMILES string of the molecule is CCC(CC)Cn1nc(C(=O)N[C@H](CC(=O)NCC(N)=O)CC(C)C)cc1-c1c(OC)cccc1OC. The van der Waals surface area contributed by atoms with Crippen LogP contribution in [0.25, 0.3) is 11.3 Å². The Morgan fingerprint density at radius 2 is 1.70 bits per heavy atom. The Labute approximate surface area is 219 Å². The molecule has 0 radical (unpaired) electrons. The van der Waals surface area contributed by atoms with Crippen LogP contribution in [0.2, 0.25) is 0 Å². The van der Waals surface area contributed by atoms with Crippen molar-refractivity contribution in [2.45, 2.75) is 66.0 Å². The number of primary amides is 1. The third-order valence-corrected chi connectivity index (χ3v) is 6.27. The molecule has 2 aromatic rings. The summed E-state index contributed by atoms with van der Waals surface area (Å²) in [5.41, 5.74) is 6.78. The number of amides is 3. The van der Waals surface area contributed by atoms with Crippen molar-refractivity contribution in [1.29, 1.82) is 0 Å². The third kappa shape index (κ3) is 8.51. The summed E-state index contributed by atoms with van der Waals surface area (Å²) in [6.07, 6.45) is 2.55. The predicted octanol–water partition coefficient (Wildman–Crippen LogP) is 3.14. The second-order valence-corrected chi connectivity index (χ2v) is 9.56. The molecule has 0 spiro atoms. The molecule has 1 atom stereocenters. The molecule has 4 N–H and O–H groups in total. The van der Waals surface area contributed by atoms with Crippen LogP contribution in [0.3, 0.4) is 0 Å². The minimum absolute atomic E-state index is 0.0266. The number of ether oxygens (including phenoxy) is 2. The molecule has 0 bridgehead atoms. The number of carbonyl (C=O) groups is 3. The predicted molar refractivity (Wildman–Crippen MR) is 142 cm³/mol. The quantitative estimate of drug-likeness (QED) is 0.333. The third-order valence-electron chi connectivity index (χ3n) is 6.27. The number of hydrogen-bond acceptors (Lipinski definition) is 6. The fourth-order valence-electron chi connectivity index (χ4n) is 4.27. The van der Waals surface area contributed by atoms with Gasteiger partial charge in [-0.2, -0.15) is 5.10 Å². The summed E-state index contributed by atoms with van der Waals surface area (Å²) in [7, 11) is 3.18. The van der Waals surface area contributed by atoms with Gasteiger partial charge in [0.1, 0.15) is 11.5 Å². The lowest BCUT2D eigenvalue weighted by Gasteiger charge is -2.19. The van der Waals surface area contributed by atoms with E-state index >= 15 is 0 Å². The van der Waals surface area contributed by atoms with Crippen molar-refractivity contribution in [3.63, 3.8) is 0 Å². The molecule has 1 aromatic carbocycles. The number of nitrogens with two attached hydrogens (primary N) is 1. The minimum atomic E-state index is -0.625. The van der Waals surface area contributed by atoms with Crippen molar-refractivity contribution in [3.05, 3.63) is 30.0 Å². The van der Waals surface area contributed by atoms with Gasteiger partial charge < -0.3 is 25.8 Å². The highest BCUT2D eigenvalue weighted by molar-refractivity contribution is 5.94. The number of nitrogens with one attached hydrogen (secondary N) is 2. The molecule has 37 heavy (non-hydrogen) atoms. The van der Waals surface area contributed by atoms with Gasteiger partial charge in [0, 0.05) is 19.0 Å². The van der Waals surface area contributed by atoms with E-state index in [-0.39, 0.29) is 36.4 Å². The van der Waals surface area contributed by atoms with Gasteiger partial charge in [0.15, 0.2) is 5.69 Å².